The maximum atomic E-state index is 15.5. The van der Waals surface area contributed by atoms with E-state index in [-0.39, 0.29) is 34.2 Å². The number of anilines is 3. The molecule has 4 aromatic rings. The van der Waals surface area contributed by atoms with Gasteiger partial charge in [-0.3, -0.25) is 4.79 Å². The summed E-state index contributed by atoms with van der Waals surface area (Å²) < 4.78 is 77.9. The number of aryl methyl sites for hydroxylation is 2. The Labute approximate surface area is 240 Å². The highest BCUT2D eigenvalue weighted by atomic mass is 32.2. The largest absolute Gasteiger partial charge is 0.497 e. The van der Waals surface area contributed by atoms with Gasteiger partial charge in [-0.15, -0.1) is 0 Å². The van der Waals surface area contributed by atoms with Gasteiger partial charge in [-0.05, 0) is 35.7 Å². The quantitative estimate of drug-likeness (QED) is 0.258. The number of alkyl halides is 2. The van der Waals surface area contributed by atoms with E-state index >= 15 is 4.39 Å². The number of nitrogens with zero attached hydrogens (tertiary/aromatic N) is 4. The average Bonchev–Trinajstić information content (AvgIpc) is 3.35. The van der Waals surface area contributed by atoms with Gasteiger partial charge in [0.25, 0.3) is 15.9 Å². The molecule has 0 aliphatic rings. The lowest BCUT2D eigenvalue weighted by Gasteiger charge is -2.24. The van der Waals surface area contributed by atoms with Crippen LogP contribution < -0.4 is 24.4 Å². The van der Waals surface area contributed by atoms with Crippen LogP contribution in [0.25, 0.3) is 11.0 Å². The Hall–Kier alpha value is -4.37. The zero-order valence-electron chi connectivity index (χ0n) is 23.4. The van der Waals surface area contributed by atoms with E-state index in [0.717, 1.165) is 6.07 Å². The molecule has 0 spiro atoms. The van der Waals surface area contributed by atoms with Gasteiger partial charge < -0.3 is 24.3 Å². The Morgan fingerprint density at radius 1 is 1.14 bits per heavy atom. The number of halogens is 3. The highest BCUT2D eigenvalue weighted by Crippen LogP contribution is 2.34. The molecular formula is C27H29F3N6O5S. The number of benzene rings is 2. The number of amides is 1. The minimum Gasteiger partial charge on any atom is -0.497 e. The summed E-state index contributed by atoms with van der Waals surface area (Å²) in [7, 11) is 1.41. The van der Waals surface area contributed by atoms with Gasteiger partial charge in [-0.25, -0.2) is 27.5 Å². The Bertz CT molecular complexity index is 1750. The van der Waals surface area contributed by atoms with Gasteiger partial charge in [0.15, 0.2) is 5.82 Å². The fourth-order valence-corrected chi connectivity index (χ4v) is 4.86. The van der Waals surface area contributed by atoms with Crippen LogP contribution in [0.3, 0.4) is 0 Å². The van der Waals surface area contributed by atoms with Crippen LogP contribution in [0.4, 0.5) is 30.5 Å². The molecule has 2 aromatic heterocycles. The lowest BCUT2D eigenvalue weighted by Crippen LogP contribution is -2.29. The third-order valence-corrected chi connectivity index (χ3v) is 7.57. The molecule has 0 aliphatic heterocycles. The van der Waals surface area contributed by atoms with Crippen LogP contribution in [0.15, 0.2) is 42.7 Å². The van der Waals surface area contributed by atoms with Crippen molar-refractivity contribution in [2.45, 2.75) is 25.6 Å². The molecule has 2 aromatic carbocycles. The standard InChI is InChI=1S/C27H29F3N6O5S/c1-6-16-9-15(13-32-42(38,39)27(29)30)10-19(28)24(16)36(3)22-12-20-23(31-14-35(20)2)25(33-22)34-26(37)18-8-7-17(40-4)11-21(18)41-5/h7-12,14,27,32H,6,13H2,1-5H3,(H,33,34,37). The first-order valence-corrected chi connectivity index (χ1v) is 14.1. The van der Waals surface area contributed by atoms with Gasteiger partial charge >= 0.3 is 5.76 Å². The van der Waals surface area contributed by atoms with Crippen LogP contribution in [-0.4, -0.2) is 55.9 Å². The van der Waals surface area contributed by atoms with Gasteiger partial charge in [0.2, 0.25) is 0 Å². The summed E-state index contributed by atoms with van der Waals surface area (Å²) in [5.41, 5.74) is 2.00. The average molecular weight is 607 g/mol. The lowest BCUT2D eigenvalue weighted by atomic mass is 10.0. The van der Waals surface area contributed by atoms with Crippen molar-refractivity contribution in [3.63, 3.8) is 0 Å². The molecular weight excluding hydrogens is 577 g/mol. The molecule has 42 heavy (non-hydrogen) atoms. The molecule has 1 amide bonds. The van der Waals surface area contributed by atoms with Crippen LogP contribution in [0.5, 0.6) is 11.5 Å². The van der Waals surface area contributed by atoms with Crippen molar-refractivity contribution in [2.75, 3.05) is 31.5 Å². The van der Waals surface area contributed by atoms with Crippen LogP contribution in [-0.2, 0) is 30.0 Å². The number of methoxy groups -OCH3 is 2. The van der Waals surface area contributed by atoms with Crippen molar-refractivity contribution in [3.05, 3.63) is 65.2 Å². The van der Waals surface area contributed by atoms with Gasteiger partial charge in [-0.1, -0.05) is 13.0 Å². The molecule has 0 fully saturated rings. The number of sulfonamides is 1. The Balaban J connectivity index is 1.72. The number of imidazole rings is 1. The normalized spacial score (nSPS) is 11.6. The predicted octanol–water partition coefficient (Wildman–Crippen LogP) is 4.35. The number of nitrogens with one attached hydrogen (secondary N) is 2. The zero-order chi connectivity index (χ0) is 30.8. The van der Waals surface area contributed by atoms with E-state index in [1.165, 1.54) is 25.2 Å². The van der Waals surface area contributed by atoms with E-state index < -0.39 is 34.0 Å². The molecule has 0 bridgehead atoms. The SMILES string of the molecule is CCc1cc(CNS(=O)(=O)C(F)F)cc(F)c1N(C)c1cc2c(ncn2C)c(NC(=O)c2ccc(OC)cc2OC)n1. The highest BCUT2D eigenvalue weighted by Gasteiger charge is 2.25. The first kappa shape index (κ1) is 30.6. The number of hydrogen-bond donors (Lipinski definition) is 2. The molecule has 0 atom stereocenters. The first-order valence-electron chi connectivity index (χ1n) is 12.6. The fraction of sp³-hybridized carbons (Fsp3) is 0.296. The zero-order valence-corrected chi connectivity index (χ0v) is 24.2. The molecule has 0 aliphatic carbocycles. The summed E-state index contributed by atoms with van der Waals surface area (Å²) in [6.45, 7) is 1.26. The van der Waals surface area contributed by atoms with Crippen molar-refractivity contribution in [2.24, 2.45) is 7.05 Å². The van der Waals surface area contributed by atoms with Gasteiger partial charge in [0, 0.05) is 32.8 Å². The third kappa shape index (κ3) is 6.11. The van der Waals surface area contributed by atoms with E-state index in [2.05, 4.69) is 15.3 Å². The molecule has 0 unspecified atom stereocenters. The van der Waals surface area contributed by atoms with Crippen LogP contribution >= 0.6 is 0 Å². The molecule has 224 valence electrons. The van der Waals surface area contributed by atoms with Crippen LogP contribution in [0.1, 0.15) is 28.4 Å². The molecule has 0 radical (unpaired) electrons. The second-order valence-corrected chi connectivity index (χ2v) is 10.9. The number of ether oxygens (including phenoxy) is 2. The van der Waals surface area contributed by atoms with Gasteiger partial charge in [0.05, 0.1) is 37.3 Å². The maximum Gasteiger partial charge on any atom is 0.350 e. The van der Waals surface area contributed by atoms with Crippen molar-refractivity contribution < 1.29 is 35.9 Å². The molecule has 11 nitrogen and oxygen atoms in total. The van der Waals surface area contributed by atoms with Crippen molar-refractivity contribution in [1.29, 1.82) is 0 Å². The minimum absolute atomic E-state index is 0.120. The smallest absolute Gasteiger partial charge is 0.350 e. The fourth-order valence-electron chi connectivity index (χ4n) is 4.36. The topological polar surface area (TPSA) is 128 Å². The molecule has 0 saturated carbocycles. The van der Waals surface area contributed by atoms with Gasteiger partial charge in [0.1, 0.15) is 28.7 Å². The first-order chi connectivity index (χ1) is 19.9. The number of rotatable bonds is 11. The number of carbonyl (C=O) groups excluding carboxylic acids is 1. The third-order valence-electron chi connectivity index (χ3n) is 6.56. The summed E-state index contributed by atoms with van der Waals surface area (Å²) in [6.07, 6.45) is 1.88. The summed E-state index contributed by atoms with van der Waals surface area (Å²) in [5, 5.41) is 2.77. The summed E-state index contributed by atoms with van der Waals surface area (Å²) in [6, 6.07) is 9.01. The number of aromatic nitrogens is 3. The molecule has 2 heterocycles. The van der Waals surface area contributed by atoms with E-state index in [9.17, 15) is 22.0 Å². The van der Waals surface area contributed by atoms with Crippen LogP contribution in [0, 0.1) is 5.82 Å². The van der Waals surface area contributed by atoms with Gasteiger partial charge in [-0.2, -0.15) is 8.78 Å². The van der Waals surface area contributed by atoms with E-state index in [1.807, 2.05) is 0 Å². The predicted molar refractivity (Wildman–Crippen MR) is 152 cm³/mol. The van der Waals surface area contributed by atoms with E-state index in [0.29, 0.717) is 28.8 Å². The molecule has 0 saturated heterocycles. The Morgan fingerprint density at radius 3 is 2.52 bits per heavy atom. The number of fused-ring (bicyclic) bond motifs is 1. The van der Waals surface area contributed by atoms with E-state index in [4.69, 9.17) is 9.47 Å². The van der Waals surface area contributed by atoms with Crippen molar-refractivity contribution in [3.8, 4) is 11.5 Å². The van der Waals surface area contributed by atoms with Crippen LogP contribution in [0.2, 0.25) is 0 Å². The Kier molecular flexibility index (Phi) is 8.92. The van der Waals surface area contributed by atoms with E-state index in [1.54, 1.807) is 60.9 Å². The molecule has 15 heteroatoms. The lowest BCUT2D eigenvalue weighted by molar-refractivity contribution is 0.102. The second kappa shape index (κ2) is 12.2. The highest BCUT2D eigenvalue weighted by molar-refractivity contribution is 7.89. The maximum absolute atomic E-state index is 15.5. The number of hydrogen-bond acceptors (Lipinski definition) is 8. The number of pyridine rings is 1. The van der Waals surface area contributed by atoms with Crippen molar-refractivity contribution in [1.82, 2.24) is 19.3 Å². The summed E-state index contributed by atoms with van der Waals surface area (Å²) in [4.78, 5) is 23.7. The number of carbonyl (C=O) groups is 1. The monoisotopic (exact) mass is 606 g/mol. The molecule has 4 rings (SSSR count). The van der Waals surface area contributed by atoms with Crippen molar-refractivity contribution >= 4 is 44.3 Å². The second-order valence-electron chi connectivity index (χ2n) is 9.20. The Morgan fingerprint density at radius 2 is 1.88 bits per heavy atom. The summed E-state index contributed by atoms with van der Waals surface area (Å²) >= 11 is 0. The summed E-state index contributed by atoms with van der Waals surface area (Å²) in [5.74, 6) is -3.68. The minimum atomic E-state index is -4.84. The molecule has 2 N–H and O–H groups in total.